The molecule has 0 spiro atoms. The van der Waals surface area contributed by atoms with Crippen molar-refractivity contribution in [2.45, 2.75) is 6.92 Å². The fraction of sp³-hybridized carbons (Fsp3) is 0.143. The first kappa shape index (κ1) is 13.0. The minimum Gasteiger partial charge on any atom is -0.477 e. The zero-order valence-electron chi connectivity index (χ0n) is 10.4. The molecule has 0 unspecified atom stereocenters. The van der Waals surface area contributed by atoms with Crippen molar-refractivity contribution in [1.29, 1.82) is 0 Å². The highest BCUT2D eigenvalue weighted by Gasteiger charge is 2.11. The van der Waals surface area contributed by atoms with Gasteiger partial charge in [-0.25, -0.2) is 14.2 Å². The van der Waals surface area contributed by atoms with Gasteiger partial charge in [0.1, 0.15) is 11.5 Å². The van der Waals surface area contributed by atoms with Gasteiger partial charge in [0.2, 0.25) is 0 Å². The van der Waals surface area contributed by atoms with Crippen molar-refractivity contribution in [3.05, 3.63) is 54.1 Å². The van der Waals surface area contributed by atoms with E-state index >= 15 is 0 Å². The first-order valence-corrected chi connectivity index (χ1v) is 5.84. The van der Waals surface area contributed by atoms with Crippen molar-refractivity contribution in [1.82, 2.24) is 4.98 Å². The van der Waals surface area contributed by atoms with Gasteiger partial charge in [0.25, 0.3) is 0 Å². The first-order chi connectivity index (χ1) is 9.11. The summed E-state index contributed by atoms with van der Waals surface area (Å²) in [5.41, 5.74) is 1.30. The fourth-order valence-electron chi connectivity index (χ4n) is 1.86. The Morgan fingerprint density at radius 1 is 1.32 bits per heavy atom. The molecule has 1 aromatic carbocycles. The summed E-state index contributed by atoms with van der Waals surface area (Å²) >= 11 is 0. The van der Waals surface area contributed by atoms with Gasteiger partial charge in [-0.3, -0.25) is 0 Å². The zero-order valence-corrected chi connectivity index (χ0v) is 10.4. The number of nitrogens with zero attached hydrogens (tertiary/aromatic N) is 2. The van der Waals surface area contributed by atoms with Crippen molar-refractivity contribution in [3.8, 4) is 0 Å². The lowest BCUT2D eigenvalue weighted by atomic mass is 10.2. The molecule has 1 N–H and O–H groups in total. The molecule has 0 amide bonds. The highest BCUT2D eigenvalue weighted by atomic mass is 19.1. The molecule has 2 aromatic rings. The van der Waals surface area contributed by atoms with Gasteiger partial charge in [-0.05, 0) is 37.3 Å². The van der Waals surface area contributed by atoms with Gasteiger partial charge in [-0.1, -0.05) is 6.07 Å². The zero-order chi connectivity index (χ0) is 13.8. The SMILES string of the molecule is CCN(c1cccc(F)c1)c1ccnc(C(=O)O)c1. The standard InChI is InChI=1S/C14H13FN2O2/c1-2-17(11-5-3-4-10(15)8-11)12-6-7-16-13(9-12)14(18)19/h3-9H,2H2,1H3,(H,18,19). The Bertz CT molecular complexity index is 602. The van der Waals surface area contributed by atoms with Crippen LogP contribution in [0.2, 0.25) is 0 Å². The van der Waals surface area contributed by atoms with E-state index in [-0.39, 0.29) is 11.5 Å². The molecule has 4 nitrogen and oxygen atoms in total. The molecular formula is C14H13FN2O2. The summed E-state index contributed by atoms with van der Waals surface area (Å²) in [7, 11) is 0. The molecule has 0 aliphatic rings. The molecule has 98 valence electrons. The quantitative estimate of drug-likeness (QED) is 0.917. The van der Waals surface area contributed by atoms with Gasteiger partial charge in [-0.15, -0.1) is 0 Å². The van der Waals surface area contributed by atoms with Gasteiger partial charge in [0.15, 0.2) is 0 Å². The molecule has 5 heteroatoms. The predicted octanol–water partition coefficient (Wildman–Crippen LogP) is 3.08. The van der Waals surface area contributed by atoms with Gasteiger partial charge in [0, 0.05) is 24.1 Å². The van der Waals surface area contributed by atoms with Gasteiger partial charge < -0.3 is 10.0 Å². The topological polar surface area (TPSA) is 53.4 Å². The molecule has 0 aliphatic carbocycles. The molecule has 0 aliphatic heterocycles. The van der Waals surface area contributed by atoms with E-state index in [1.807, 2.05) is 11.8 Å². The lowest BCUT2D eigenvalue weighted by Crippen LogP contribution is -2.17. The lowest BCUT2D eigenvalue weighted by Gasteiger charge is -2.23. The second kappa shape index (κ2) is 5.48. The highest BCUT2D eigenvalue weighted by Crippen LogP contribution is 2.25. The van der Waals surface area contributed by atoms with E-state index in [1.165, 1.54) is 24.4 Å². The van der Waals surface area contributed by atoms with Crippen LogP contribution in [0.4, 0.5) is 15.8 Å². The first-order valence-electron chi connectivity index (χ1n) is 5.84. The van der Waals surface area contributed by atoms with Gasteiger partial charge >= 0.3 is 5.97 Å². The normalized spacial score (nSPS) is 10.2. The third kappa shape index (κ3) is 2.88. The molecular weight excluding hydrogens is 247 g/mol. The summed E-state index contributed by atoms with van der Waals surface area (Å²) in [4.78, 5) is 16.5. The number of hydrogen-bond donors (Lipinski definition) is 1. The third-order valence-corrected chi connectivity index (χ3v) is 2.71. The Hall–Kier alpha value is -2.43. The van der Waals surface area contributed by atoms with E-state index in [0.717, 1.165) is 0 Å². The molecule has 1 heterocycles. The maximum Gasteiger partial charge on any atom is 0.354 e. The number of carbonyl (C=O) groups is 1. The average molecular weight is 260 g/mol. The minimum atomic E-state index is -1.09. The Balaban J connectivity index is 2.42. The Morgan fingerprint density at radius 3 is 2.68 bits per heavy atom. The molecule has 0 bridgehead atoms. The lowest BCUT2D eigenvalue weighted by molar-refractivity contribution is 0.0690. The van der Waals surface area contributed by atoms with Crippen molar-refractivity contribution in [2.75, 3.05) is 11.4 Å². The number of benzene rings is 1. The molecule has 1 aromatic heterocycles. The van der Waals surface area contributed by atoms with Crippen molar-refractivity contribution in [2.24, 2.45) is 0 Å². The van der Waals surface area contributed by atoms with Crippen LogP contribution in [0.15, 0.2) is 42.6 Å². The largest absolute Gasteiger partial charge is 0.477 e. The number of aromatic carboxylic acids is 1. The van der Waals surface area contributed by atoms with E-state index < -0.39 is 5.97 Å². The van der Waals surface area contributed by atoms with Gasteiger partial charge in [-0.2, -0.15) is 0 Å². The second-order valence-electron chi connectivity index (χ2n) is 3.93. The summed E-state index contributed by atoms with van der Waals surface area (Å²) in [5, 5.41) is 8.94. The predicted molar refractivity (Wildman–Crippen MR) is 70.3 cm³/mol. The Labute approximate surface area is 110 Å². The summed E-state index contributed by atoms with van der Waals surface area (Å²) in [6.45, 7) is 2.50. The molecule has 0 atom stereocenters. The molecule has 0 radical (unpaired) electrons. The van der Waals surface area contributed by atoms with Crippen LogP contribution in [0.1, 0.15) is 17.4 Å². The number of hydrogen-bond acceptors (Lipinski definition) is 3. The Kier molecular flexibility index (Phi) is 3.75. The number of halogens is 1. The number of carboxylic acids is 1. The van der Waals surface area contributed by atoms with E-state index in [0.29, 0.717) is 17.9 Å². The number of rotatable bonds is 4. The van der Waals surface area contributed by atoms with Crippen LogP contribution < -0.4 is 4.90 Å². The Morgan fingerprint density at radius 2 is 2.05 bits per heavy atom. The smallest absolute Gasteiger partial charge is 0.354 e. The third-order valence-electron chi connectivity index (χ3n) is 2.71. The number of pyridine rings is 1. The molecule has 19 heavy (non-hydrogen) atoms. The molecule has 0 fully saturated rings. The van der Waals surface area contributed by atoms with E-state index in [2.05, 4.69) is 4.98 Å². The van der Waals surface area contributed by atoms with Crippen molar-refractivity contribution in [3.63, 3.8) is 0 Å². The van der Waals surface area contributed by atoms with Crippen LogP contribution in [0.3, 0.4) is 0 Å². The summed E-state index contributed by atoms with van der Waals surface area (Å²) in [6, 6.07) is 9.33. The second-order valence-corrected chi connectivity index (χ2v) is 3.93. The summed E-state index contributed by atoms with van der Waals surface area (Å²) in [6.07, 6.45) is 1.43. The van der Waals surface area contributed by atoms with E-state index in [9.17, 15) is 9.18 Å². The minimum absolute atomic E-state index is 0.0349. The molecule has 0 saturated heterocycles. The summed E-state index contributed by atoms with van der Waals surface area (Å²) < 4.78 is 13.3. The van der Waals surface area contributed by atoms with Crippen LogP contribution in [-0.4, -0.2) is 22.6 Å². The van der Waals surface area contributed by atoms with Crippen LogP contribution in [0, 0.1) is 5.82 Å². The van der Waals surface area contributed by atoms with Crippen molar-refractivity contribution >= 4 is 17.3 Å². The van der Waals surface area contributed by atoms with Crippen LogP contribution in [0.25, 0.3) is 0 Å². The number of anilines is 2. The van der Waals surface area contributed by atoms with Crippen LogP contribution >= 0.6 is 0 Å². The monoisotopic (exact) mass is 260 g/mol. The fourth-order valence-corrected chi connectivity index (χ4v) is 1.86. The van der Waals surface area contributed by atoms with E-state index in [1.54, 1.807) is 18.2 Å². The maximum absolute atomic E-state index is 13.3. The highest BCUT2D eigenvalue weighted by molar-refractivity contribution is 5.86. The van der Waals surface area contributed by atoms with Crippen LogP contribution in [-0.2, 0) is 0 Å². The van der Waals surface area contributed by atoms with Crippen molar-refractivity contribution < 1.29 is 14.3 Å². The van der Waals surface area contributed by atoms with E-state index in [4.69, 9.17) is 5.11 Å². The molecule has 0 saturated carbocycles. The van der Waals surface area contributed by atoms with Crippen LogP contribution in [0.5, 0.6) is 0 Å². The number of carboxylic acid groups (broad SMARTS) is 1. The number of aromatic nitrogens is 1. The molecule has 2 rings (SSSR count). The average Bonchev–Trinajstić information content (AvgIpc) is 2.40. The summed E-state index contributed by atoms with van der Waals surface area (Å²) in [5.74, 6) is -1.42. The maximum atomic E-state index is 13.3. The van der Waals surface area contributed by atoms with Gasteiger partial charge in [0.05, 0.1) is 0 Å².